The lowest BCUT2D eigenvalue weighted by molar-refractivity contribution is -0.120. The van der Waals surface area contributed by atoms with Gasteiger partial charge in [0.05, 0.1) is 5.41 Å². The van der Waals surface area contributed by atoms with Crippen LogP contribution in [-0.4, -0.2) is 23.2 Å². The van der Waals surface area contributed by atoms with Crippen molar-refractivity contribution in [1.82, 2.24) is 0 Å². The second-order valence-corrected chi connectivity index (χ2v) is 6.24. The summed E-state index contributed by atoms with van der Waals surface area (Å²) in [4.78, 5) is 16.5. The molecule has 1 saturated carbocycles. The van der Waals surface area contributed by atoms with Crippen LogP contribution in [0.1, 0.15) is 30.9 Å². The molecule has 1 aromatic carbocycles. The van der Waals surface area contributed by atoms with E-state index in [-0.39, 0.29) is 17.7 Å². The molecule has 2 rings (SSSR count). The Morgan fingerprint density at radius 2 is 2.00 bits per heavy atom. The summed E-state index contributed by atoms with van der Waals surface area (Å²) in [5, 5.41) is 0.510. The first-order valence-corrected chi connectivity index (χ1v) is 7.60. The maximum Gasteiger partial charge on any atom is 0.164 e. The fraction of sp³-hybridized carbons (Fsp3) is 0.467. The molecule has 0 atom stereocenters. The minimum Gasteiger partial charge on any atom is -0.379 e. The largest absolute Gasteiger partial charge is 0.379 e. The molecule has 0 aromatic heterocycles. The topological polar surface area (TPSA) is 55.4 Å². The zero-order valence-corrected chi connectivity index (χ0v) is 12.3. The Morgan fingerprint density at radius 3 is 2.53 bits per heavy atom. The molecule has 0 spiro atoms. The number of nitrogens with zero attached hydrogens (tertiary/aromatic N) is 1. The summed E-state index contributed by atoms with van der Waals surface area (Å²) in [6.45, 7) is 4.27. The van der Waals surface area contributed by atoms with Crippen molar-refractivity contribution in [1.29, 1.82) is 0 Å². The lowest BCUT2D eigenvalue weighted by atomic mass is 9.91. The molecule has 19 heavy (non-hydrogen) atoms. The smallest absolute Gasteiger partial charge is 0.164 e. The molecule has 0 amide bonds. The van der Waals surface area contributed by atoms with Crippen LogP contribution in [0.3, 0.4) is 0 Å². The SMILES string of the molecule is CCSC(N)=NCC(=O)C1(c2ccc(C)cc2)CC1. The first kappa shape index (κ1) is 14.1. The number of benzene rings is 1. The molecule has 1 fully saturated rings. The van der Waals surface area contributed by atoms with Crippen LogP contribution >= 0.6 is 11.8 Å². The molecule has 0 bridgehead atoms. The summed E-state index contributed by atoms with van der Waals surface area (Å²) in [5.74, 6) is 1.07. The number of Topliss-reactive ketones (excluding diaryl/α,β-unsaturated/α-hetero) is 1. The number of amidine groups is 1. The highest BCUT2D eigenvalue weighted by Gasteiger charge is 2.50. The lowest BCUT2D eigenvalue weighted by Gasteiger charge is -2.13. The lowest BCUT2D eigenvalue weighted by Crippen LogP contribution is -2.24. The van der Waals surface area contributed by atoms with E-state index in [1.54, 1.807) is 0 Å². The number of rotatable bonds is 5. The van der Waals surface area contributed by atoms with Crippen molar-refractivity contribution in [2.24, 2.45) is 10.7 Å². The summed E-state index contributed by atoms with van der Waals surface area (Å²) < 4.78 is 0. The van der Waals surface area contributed by atoms with Crippen molar-refractivity contribution >= 4 is 22.7 Å². The molecule has 0 radical (unpaired) electrons. The number of carbonyl (C=O) groups excluding carboxylic acids is 1. The molecule has 0 unspecified atom stereocenters. The van der Waals surface area contributed by atoms with Crippen LogP contribution in [0, 0.1) is 6.92 Å². The molecule has 1 aliphatic carbocycles. The van der Waals surface area contributed by atoms with E-state index in [2.05, 4.69) is 36.2 Å². The molecule has 102 valence electrons. The summed E-state index contributed by atoms with van der Waals surface area (Å²) in [7, 11) is 0. The Bertz CT molecular complexity index is 489. The van der Waals surface area contributed by atoms with Crippen LogP contribution in [0.4, 0.5) is 0 Å². The average molecular weight is 276 g/mol. The summed E-state index contributed by atoms with van der Waals surface area (Å²) in [6, 6.07) is 8.25. The van der Waals surface area contributed by atoms with Gasteiger partial charge in [-0.05, 0) is 31.1 Å². The zero-order valence-electron chi connectivity index (χ0n) is 11.5. The minimum absolute atomic E-state index is 0.191. The van der Waals surface area contributed by atoms with Gasteiger partial charge in [0.2, 0.25) is 0 Å². The highest BCUT2D eigenvalue weighted by Crippen LogP contribution is 2.49. The first-order chi connectivity index (χ1) is 9.08. The predicted molar refractivity (Wildman–Crippen MR) is 81.7 cm³/mol. The van der Waals surface area contributed by atoms with Crippen LogP contribution in [0.25, 0.3) is 0 Å². The zero-order chi connectivity index (χ0) is 13.9. The molecule has 2 N–H and O–H groups in total. The number of aliphatic imine (C=N–C) groups is 1. The number of ketones is 1. The third-order valence-corrected chi connectivity index (χ3v) is 4.27. The quantitative estimate of drug-likeness (QED) is 0.664. The van der Waals surface area contributed by atoms with E-state index < -0.39 is 0 Å². The van der Waals surface area contributed by atoms with Crippen LogP contribution in [-0.2, 0) is 10.2 Å². The third kappa shape index (κ3) is 3.18. The van der Waals surface area contributed by atoms with Gasteiger partial charge in [-0.25, -0.2) is 0 Å². The molecule has 0 aliphatic heterocycles. The Morgan fingerprint density at radius 1 is 1.37 bits per heavy atom. The van der Waals surface area contributed by atoms with E-state index in [4.69, 9.17) is 5.73 Å². The minimum atomic E-state index is -0.283. The van der Waals surface area contributed by atoms with E-state index in [1.165, 1.54) is 17.3 Å². The number of hydrogen-bond donors (Lipinski definition) is 1. The van der Waals surface area contributed by atoms with Crippen molar-refractivity contribution < 1.29 is 4.79 Å². The van der Waals surface area contributed by atoms with Gasteiger partial charge in [0, 0.05) is 0 Å². The Kier molecular flexibility index (Phi) is 4.30. The summed E-state index contributed by atoms with van der Waals surface area (Å²) in [5.41, 5.74) is 7.77. The van der Waals surface area contributed by atoms with Gasteiger partial charge >= 0.3 is 0 Å². The maximum absolute atomic E-state index is 12.3. The maximum atomic E-state index is 12.3. The standard InChI is InChI=1S/C15H20N2OS/c1-3-19-14(16)17-10-13(18)15(8-9-15)12-6-4-11(2)5-7-12/h4-7H,3,8-10H2,1-2H3,(H2,16,17). The number of aryl methyl sites for hydroxylation is 1. The Labute approximate surface area is 118 Å². The van der Waals surface area contributed by atoms with Crippen molar-refractivity contribution in [2.75, 3.05) is 12.3 Å². The molecule has 0 saturated heterocycles. The number of nitrogens with two attached hydrogens (primary N) is 1. The van der Waals surface area contributed by atoms with Gasteiger partial charge in [0.25, 0.3) is 0 Å². The first-order valence-electron chi connectivity index (χ1n) is 6.61. The van der Waals surface area contributed by atoms with E-state index >= 15 is 0 Å². The Balaban J connectivity index is 2.06. The van der Waals surface area contributed by atoms with Crippen molar-refractivity contribution in [3.63, 3.8) is 0 Å². The predicted octanol–water partition coefficient (Wildman–Crippen LogP) is 2.66. The van der Waals surface area contributed by atoms with Crippen molar-refractivity contribution in [2.45, 2.75) is 32.1 Å². The molecule has 1 aliphatic rings. The van der Waals surface area contributed by atoms with Crippen LogP contribution < -0.4 is 5.73 Å². The van der Waals surface area contributed by atoms with Crippen LogP contribution in [0.5, 0.6) is 0 Å². The molecule has 3 nitrogen and oxygen atoms in total. The van der Waals surface area contributed by atoms with E-state index in [9.17, 15) is 4.79 Å². The van der Waals surface area contributed by atoms with Gasteiger partial charge in [-0.2, -0.15) is 0 Å². The number of thioether (sulfide) groups is 1. The van der Waals surface area contributed by atoms with Crippen molar-refractivity contribution in [3.05, 3.63) is 35.4 Å². The van der Waals surface area contributed by atoms with Gasteiger partial charge in [-0.1, -0.05) is 48.5 Å². The van der Waals surface area contributed by atoms with E-state index in [0.29, 0.717) is 5.17 Å². The van der Waals surface area contributed by atoms with Crippen LogP contribution in [0.15, 0.2) is 29.3 Å². The van der Waals surface area contributed by atoms with Crippen molar-refractivity contribution in [3.8, 4) is 0 Å². The van der Waals surface area contributed by atoms with Gasteiger partial charge in [0.1, 0.15) is 6.54 Å². The van der Waals surface area contributed by atoms with E-state index in [1.807, 2.05) is 6.92 Å². The molecule has 1 aromatic rings. The molecule has 0 heterocycles. The van der Waals surface area contributed by atoms with E-state index in [0.717, 1.165) is 24.2 Å². The molecular weight excluding hydrogens is 256 g/mol. The van der Waals surface area contributed by atoms with Gasteiger partial charge in [-0.15, -0.1) is 0 Å². The Hall–Kier alpha value is -1.29. The van der Waals surface area contributed by atoms with Gasteiger partial charge in [-0.3, -0.25) is 9.79 Å². The van der Waals surface area contributed by atoms with Crippen LogP contribution in [0.2, 0.25) is 0 Å². The molecule has 4 heteroatoms. The average Bonchev–Trinajstić information content (AvgIpc) is 3.19. The van der Waals surface area contributed by atoms with Gasteiger partial charge < -0.3 is 5.73 Å². The normalized spacial score (nSPS) is 17.3. The highest BCUT2D eigenvalue weighted by molar-refractivity contribution is 8.13. The second kappa shape index (κ2) is 5.78. The number of hydrogen-bond acceptors (Lipinski definition) is 3. The fourth-order valence-corrected chi connectivity index (χ4v) is 2.67. The third-order valence-electron chi connectivity index (χ3n) is 3.56. The summed E-state index contributed by atoms with van der Waals surface area (Å²) in [6.07, 6.45) is 1.87. The highest BCUT2D eigenvalue weighted by atomic mass is 32.2. The summed E-state index contributed by atoms with van der Waals surface area (Å²) >= 11 is 1.48. The molecular formula is C15H20N2OS. The fourth-order valence-electron chi connectivity index (χ4n) is 2.22. The second-order valence-electron chi connectivity index (χ2n) is 4.96. The number of carbonyl (C=O) groups is 1. The monoisotopic (exact) mass is 276 g/mol. The van der Waals surface area contributed by atoms with Gasteiger partial charge in [0.15, 0.2) is 11.0 Å².